The number of primary amides is 1. The molecule has 0 aliphatic heterocycles. The molecule has 0 saturated carbocycles. The van der Waals surface area contributed by atoms with Crippen molar-refractivity contribution in [2.45, 2.75) is 24.9 Å². The maximum Gasteiger partial charge on any atom is 0.326 e. The van der Waals surface area contributed by atoms with Gasteiger partial charge in [0, 0.05) is 13.7 Å². The zero-order valence-corrected chi connectivity index (χ0v) is 10.7. The third-order valence-corrected chi connectivity index (χ3v) is 2.27. The smallest absolute Gasteiger partial charge is 0.326 e. The SMILES string of the molecule is COC[C@H](N)C(=O)N[C@H](CCCNC(N)=O)C(=O)O. The van der Waals surface area contributed by atoms with Crippen molar-refractivity contribution in [2.75, 3.05) is 20.3 Å². The van der Waals surface area contributed by atoms with E-state index < -0.39 is 30.0 Å². The van der Waals surface area contributed by atoms with E-state index in [0.29, 0.717) is 6.42 Å². The summed E-state index contributed by atoms with van der Waals surface area (Å²) in [6.45, 7) is 0.237. The normalized spacial score (nSPS) is 13.4. The molecular formula is C10H20N4O5. The Morgan fingerprint density at radius 2 is 2.00 bits per heavy atom. The monoisotopic (exact) mass is 276 g/mol. The number of rotatable bonds is 9. The molecule has 0 aromatic carbocycles. The fourth-order valence-corrected chi connectivity index (χ4v) is 1.31. The van der Waals surface area contributed by atoms with Crippen LogP contribution in [0.1, 0.15) is 12.8 Å². The number of carboxylic acids is 1. The van der Waals surface area contributed by atoms with Gasteiger partial charge in [0.15, 0.2) is 0 Å². The van der Waals surface area contributed by atoms with Crippen LogP contribution < -0.4 is 22.1 Å². The number of nitrogens with two attached hydrogens (primary N) is 2. The average molecular weight is 276 g/mol. The quantitative estimate of drug-likeness (QED) is 0.306. The largest absolute Gasteiger partial charge is 0.480 e. The van der Waals surface area contributed by atoms with E-state index in [1.807, 2.05) is 0 Å². The summed E-state index contributed by atoms with van der Waals surface area (Å²) in [6.07, 6.45) is 0.515. The fourth-order valence-electron chi connectivity index (χ4n) is 1.31. The summed E-state index contributed by atoms with van der Waals surface area (Å²) in [4.78, 5) is 32.9. The second-order valence-electron chi connectivity index (χ2n) is 3.89. The van der Waals surface area contributed by atoms with E-state index in [1.54, 1.807) is 0 Å². The Balaban J connectivity index is 4.15. The highest BCUT2D eigenvalue weighted by Crippen LogP contribution is 1.98. The van der Waals surface area contributed by atoms with Crippen molar-refractivity contribution in [1.29, 1.82) is 0 Å². The molecule has 3 amide bonds. The van der Waals surface area contributed by atoms with Crippen LogP contribution in [0.25, 0.3) is 0 Å². The Morgan fingerprint density at radius 1 is 1.37 bits per heavy atom. The van der Waals surface area contributed by atoms with Crippen LogP contribution in [0.3, 0.4) is 0 Å². The molecule has 0 unspecified atom stereocenters. The molecule has 0 saturated heterocycles. The lowest BCUT2D eigenvalue weighted by molar-refractivity contribution is -0.142. The third kappa shape index (κ3) is 7.95. The van der Waals surface area contributed by atoms with Gasteiger partial charge >= 0.3 is 12.0 Å². The van der Waals surface area contributed by atoms with E-state index in [2.05, 4.69) is 10.6 Å². The number of carboxylic acid groups (broad SMARTS) is 1. The number of hydrogen-bond acceptors (Lipinski definition) is 5. The highest BCUT2D eigenvalue weighted by molar-refractivity contribution is 5.86. The fraction of sp³-hybridized carbons (Fsp3) is 0.700. The Hall–Kier alpha value is -1.87. The zero-order valence-electron chi connectivity index (χ0n) is 10.7. The summed E-state index contributed by atoms with van der Waals surface area (Å²) >= 11 is 0. The number of amides is 3. The van der Waals surface area contributed by atoms with Crippen LogP contribution in [0.15, 0.2) is 0 Å². The lowest BCUT2D eigenvalue weighted by Crippen LogP contribution is -2.50. The number of urea groups is 1. The number of ether oxygens (including phenoxy) is 1. The lowest BCUT2D eigenvalue weighted by atomic mass is 10.1. The maximum atomic E-state index is 11.5. The Kier molecular flexibility index (Phi) is 8.22. The summed E-state index contributed by atoms with van der Waals surface area (Å²) in [5.41, 5.74) is 10.3. The summed E-state index contributed by atoms with van der Waals surface area (Å²) in [5, 5.41) is 13.6. The van der Waals surface area contributed by atoms with Gasteiger partial charge in [0.1, 0.15) is 12.1 Å². The topological polar surface area (TPSA) is 157 Å². The van der Waals surface area contributed by atoms with E-state index in [4.69, 9.17) is 21.3 Å². The molecule has 19 heavy (non-hydrogen) atoms. The van der Waals surface area contributed by atoms with Crippen LogP contribution in [0.2, 0.25) is 0 Å². The van der Waals surface area contributed by atoms with Crippen molar-refractivity contribution in [2.24, 2.45) is 11.5 Å². The van der Waals surface area contributed by atoms with Crippen molar-refractivity contribution < 1.29 is 24.2 Å². The minimum absolute atomic E-state index is 0.00139. The van der Waals surface area contributed by atoms with Gasteiger partial charge in [0.2, 0.25) is 5.91 Å². The lowest BCUT2D eigenvalue weighted by Gasteiger charge is -2.17. The van der Waals surface area contributed by atoms with Crippen LogP contribution in [0.5, 0.6) is 0 Å². The number of methoxy groups -OCH3 is 1. The van der Waals surface area contributed by atoms with Gasteiger partial charge in [0.05, 0.1) is 6.61 Å². The molecule has 7 N–H and O–H groups in total. The first-order chi connectivity index (χ1) is 8.88. The molecule has 0 spiro atoms. The summed E-state index contributed by atoms with van der Waals surface area (Å²) in [7, 11) is 1.39. The molecule has 0 aliphatic carbocycles. The highest BCUT2D eigenvalue weighted by atomic mass is 16.5. The number of carbonyl (C=O) groups excluding carboxylic acids is 2. The van der Waals surface area contributed by atoms with Gasteiger partial charge in [-0.15, -0.1) is 0 Å². The van der Waals surface area contributed by atoms with E-state index in [0.717, 1.165) is 0 Å². The molecule has 0 bridgehead atoms. The number of carbonyl (C=O) groups is 3. The van der Waals surface area contributed by atoms with Gasteiger partial charge in [-0.2, -0.15) is 0 Å². The Labute approximate surface area is 110 Å². The van der Waals surface area contributed by atoms with Crippen LogP contribution in [-0.2, 0) is 14.3 Å². The van der Waals surface area contributed by atoms with Crippen molar-refractivity contribution in [3.63, 3.8) is 0 Å². The van der Waals surface area contributed by atoms with Crippen molar-refractivity contribution >= 4 is 17.9 Å². The van der Waals surface area contributed by atoms with Gasteiger partial charge in [-0.3, -0.25) is 4.79 Å². The van der Waals surface area contributed by atoms with E-state index in [9.17, 15) is 14.4 Å². The van der Waals surface area contributed by atoms with E-state index in [-0.39, 0.29) is 19.6 Å². The highest BCUT2D eigenvalue weighted by Gasteiger charge is 2.22. The zero-order chi connectivity index (χ0) is 14.8. The molecule has 0 rings (SSSR count). The average Bonchev–Trinajstić information content (AvgIpc) is 2.32. The number of nitrogens with one attached hydrogen (secondary N) is 2. The molecule has 0 heterocycles. The minimum atomic E-state index is -1.17. The molecule has 0 aromatic rings. The van der Waals surface area contributed by atoms with E-state index >= 15 is 0 Å². The van der Waals surface area contributed by atoms with Gasteiger partial charge < -0.3 is 31.9 Å². The number of hydrogen-bond donors (Lipinski definition) is 5. The standard InChI is InChI=1S/C10H20N4O5/c1-19-5-6(11)8(15)14-7(9(16)17)3-2-4-13-10(12)18/h6-7H,2-5,11H2,1H3,(H,14,15)(H,16,17)(H3,12,13,18)/t6-,7+/m0/s1. The second-order valence-corrected chi connectivity index (χ2v) is 3.89. The Morgan fingerprint density at radius 3 is 2.47 bits per heavy atom. The molecule has 9 heteroatoms. The summed E-state index contributed by atoms with van der Waals surface area (Å²) in [6, 6.07) is -2.67. The first-order valence-electron chi connectivity index (χ1n) is 5.69. The van der Waals surface area contributed by atoms with Gasteiger partial charge in [-0.1, -0.05) is 0 Å². The van der Waals surface area contributed by atoms with Crippen LogP contribution in [0, 0.1) is 0 Å². The van der Waals surface area contributed by atoms with E-state index in [1.165, 1.54) is 7.11 Å². The van der Waals surface area contributed by atoms with Gasteiger partial charge in [0.25, 0.3) is 0 Å². The van der Waals surface area contributed by atoms with Gasteiger partial charge in [-0.25, -0.2) is 9.59 Å². The van der Waals surface area contributed by atoms with Crippen molar-refractivity contribution in [3.05, 3.63) is 0 Å². The van der Waals surface area contributed by atoms with Crippen LogP contribution >= 0.6 is 0 Å². The Bertz CT molecular complexity index is 323. The molecule has 0 aliphatic rings. The number of aliphatic carboxylic acids is 1. The molecular weight excluding hydrogens is 256 g/mol. The predicted octanol–water partition coefficient (Wildman–Crippen LogP) is -2.02. The van der Waals surface area contributed by atoms with Crippen molar-refractivity contribution in [1.82, 2.24) is 10.6 Å². The minimum Gasteiger partial charge on any atom is -0.480 e. The first-order valence-corrected chi connectivity index (χ1v) is 5.69. The molecule has 0 aromatic heterocycles. The second kappa shape index (κ2) is 9.11. The molecule has 0 radical (unpaired) electrons. The van der Waals surface area contributed by atoms with Gasteiger partial charge in [-0.05, 0) is 12.8 Å². The predicted molar refractivity (Wildman–Crippen MR) is 66.2 cm³/mol. The maximum absolute atomic E-state index is 11.5. The molecule has 9 nitrogen and oxygen atoms in total. The summed E-state index contributed by atoms with van der Waals surface area (Å²) < 4.78 is 4.70. The molecule has 2 atom stereocenters. The summed E-state index contributed by atoms with van der Waals surface area (Å²) in [5.74, 6) is -1.77. The van der Waals surface area contributed by atoms with Crippen LogP contribution in [0.4, 0.5) is 4.79 Å². The first kappa shape index (κ1) is 17.1. The van der Waals surface area contributed by atoms with Crippen molar-refractivity contribution in [3.8, 4) is 0 Å². The third-order valence-electron chi connectivity index (χ3n) is 2.27. The van der Waals surface area contributed by atoms with Crippen LogP contribution in [-0.4, -0.2) is 55.4 Å². The molecule has 0 fully saturated rings. The molecule has 110 valence electrons.